The fourth-order valence-electron chi connectivity index (χ4n) is 3.59. The van der Waals surface area contributed by atoms with Gasteiger partial charge in [0.25, 0.3) is 10.0 Å². The molecule has 2 aliphatic heterocycles. The van der Waals surface area contributed by atoms with Crippen LogP contribution in [0.3, 0.4) is 0 Å². The van der Waals surface area contributed by atoms with E-state index in [0.717, 1.165) is 35.9 Å². The molecule has 1 atom stereocenters. The van der Waals surface area contributed by atoms with E-state index in [4.69, 9.17) is 0 Å². The van der Waals surface area contributed by atoms with Crippen molar-refractivity contribution in [2.75, 3.05) is 16.2 Å². The van der Waals surface area contributed by atoms with Crippen LogP contribution in [0.25, 0.3) is 0 Å². The maximum atomic E-state index is 13.3. The third kappa shape index (κ3) is 2.56. The zero-order valence-electron chi connectivity index (χ0n) is 13.9. The summed E-state index contributed by atoms with van der Waals surface area (Å²) in [5.41, 5.74) is 2.26. The predicted molar refractivity (Wildman–Crippen MR) is 92.7 cm³/mol. The maximum Gasteiger partial charge on any atom is 0.261 e. The van der Waals surface area contributed by atoms with E-state index in [1.807, 2.05) is 0 Å². The van der Waals surface area contributed by atoms with E-state index in [-0.39, 0.29) is 16.5 Å². The minimum atomic E-state index is -4.00. The van der Waals surface area contributed by atoms with E-state index in [1.165, 1.54) is 6.07 Å². The van der Waals surface area contributed by atoms with Crippen LogP contribution in [0.1, 0.15) is 30.4 Å². The fourth-order valence-corrected chi connectivity index (χ4v) is 4.73. The number of nitrogens with zero attached hydrogens (tertiary/aromatic N) is 1. The number of aryl methyl sites for hydroxylation is 1. The molecule has 0 aliphatic carbocycles. The Bertz CT molecular complexity index is 1040. The Morgan fingerprint density at radius 2 is 1.92 bits per heavy atom. The third-order valence-electron chi connectivity index (χ3n) is 4.87. The van der Waals surface area contributed by atoms with Crippen molar-refractivity contribution in [3.63, 3.8) is 0 Å². The van der Waals surface area contributed by atoms with Crippen molar-refractivity contribution in [3.8, 4) is 0 Å². The molecule has 2 aliphatic rings. The molecule has 1 amide bonds. The second-order valence-corrected chi connectivity index (χ2v) is 8.25. The van der Waals surface area contributed by atoms with Crippen LogP contribution in [0, 0.1) is 11.6 Å². The molecule has 1 N–H and O–H groups in total. The molecule has 2 aromatic carbocycles. The van der Waals surface area contributed by atoms with E-state index < -0.39 is 27.6 Å². The average molecular weight is 378 g/mol. The van der Waals surface area contributed by atoms with Crippen molar-refractivity contribution in [2.24, 2.45) is 0 Å². The SMILES string of the molecule is C[C@@H]1C(=O)N2CCCc3cc(S(=O)(=O)Nc4ccc(F)c(F)c4)cc1c32. The van der Waals surface area contributed by atoms with Crippen molar-refractivity contribution in [3.05, 3.63) is 53.1 Å². The minimum absolute atomic E-state index is 0.0133. The maximum absolute atomic E-state index is 13.3. The number of sulfonamides is 1. The van der Waals surface area contributed by atoms with Crippen LogP contribution < -0.4 is 9.62 Å². The smallest absolute Gasteiger partial charge is 0.261 e. The molecule has 8 heteroatoms. The molecule has 0 aromatic heterocycles. The van der Waals surface area contributed by atoms with Gasteiger partial charge in [-0.25, -0.2) is 17.2 Å². The molecule has 0 bridgehead atoms. The molecule has 4 rings (SSSR count). The number of carbonyl (C=O) groups excluding carboxylic acids is 1. The molecule has 0 saturated carbocycles. The molecular formula is C18H16F2N2O3S. The number of halogens is 2. The molecular weight excluding hydrogens is 362 g/mol. The largest absolute Gasteiger partial charge is 0.311 e. The number of rotatable bonds is 3. The Labute approximate surface area is 149 Å². The van der Waals surface area contributed by atoms with Gasteiger partial charge in [-0.05, 0) is 55.2 Å². The Kier molecular flexibility index (Phi) is 3.76. The van der Waals surface area contributed by atoms with Gasteiger partial charge in [-0.15, -0.1) is 0 Å². The first-order chi connectivity index (χ1) is 12.3. The fraction of sp³-hybridized carbons (Fsp3) is 0.278. The summed E-state index contributed by atoms with van der Waals surface area (Å²) in [6.45, 7) is 2.40. The zero-order chi connectivity index (χ0) is 18.6. The lowest BCUT2D eigenvalue weighted by atomic mass is 9.97. The second kappa shape index (κ2) is 5.77. The summed E-state index contributed by atoms with van der Waals surface area (Å²) in [6.07, 6.45) is 1.46. The normalized spacial score (nSPS) is 18.8. The topological polar surface area (TPSA) is 66.5 Å². The summed E-state index contributed by atoms with van der Waals surface area (Å²) in [4.78, 5) is 14.1. The number of amides is 1. The van der Waals surface area contributed by atoms with Crippen LogP contribution in [0.5, 0.6) is 0 Å². The van der Waals surface area contributed by atoms with Crippen LogP contribution in [0.15, 0.2) is 35.2 Å². The Morgan fingerprint density at radius 1 is 1.15 bits per heavy atom. The highest BCUT2D eigenvalue weighted by Gasteiger charge is 2.38. The van der Waals surface area contributed by atoms with Crippen LogP contribution >= 0.6 is 0 Å². The number of carbonyl (C=O) groups is 1. The summed E-state index contributed by atoms with van der Waals surface area (Å²) < 4.78 is 54.1. The van der Waals surface area contributed by atoms with Crippen molar-refractivity contribution in [2.45, 2.75) is 30.6 Å². The molecule has 5 nitrogen and oxygen atoms in total. The van der Waals surface area contributed by atoms with Crippen LogP contribution in [-0.2, 0) is 21.2 Å². The van der Waals surface area contributed by atoms with E-state index in [9.17, 15) is 22.0 Å². The first kappa shape index (κ1) is 17.0. The standard InChI is InChI=1S/C18H16F2N2O3S/c1-10-14-9-13(7-11-3-2-6-22(17(11)14)18(10)23)26(24,25)21-12-4-5-15(19)16(20)8-12/h4-5,7-10,21H,2-3,6H2,1H3/t10-/m0/s1. The van der Waals surface area contributed by atoms with Crippen molar-refractivity contribution >= 4 is 27.3 Å². The first-order valence-corrected chi connectivity index (χ1v) is 9.72. The quantitative estimate of drug-likeness (QED) is 0.892. The molecule has 0 radical (unpaired) electrons. The van der Waals surface area contributed by atoms with Gasteiger partial charge in [0.15, 0.2) is 11.6 Å². The van der Waals surface area contributed by atoms with Crippen molar-refractivity contribution < 1.29 is 22.0 Å². The van der Waals surface area contributed by atoms with Gasteiger partial charge >= 0.3 is 0 Å². The van der Waals surface area contributed by atoms with Gasteiger partial charge in [0, 0.05) is 12.6 Å². The molecule has 0 unspecified atom stereocenters. The lowest BCUT2D eigenvalue weighted by Crippen LogP contribution is -2.32. The molecule has 0 saturated heterocycles. The highest BCUT2D eigenvalue weighted by Crippen LogP contribution is 2.44. The summed E-state index contributed by atoms with van der Waals surface area (Å²) in [6, 6.07) is 5.85. The van der Waals surface area contributed by atoms with Crippen LogP contribution in [0.2, 0.25) is 0 Å². The lowest BCUT2D eigenvalue weighted by Gasteiger charge is -2.26. The number of benzene rings is 2. The summed E-state index contributed by atoms with van der Waals surface area (Å²) in [7, 11) is -4.00. The van der Waals surface area contributed by atoms with E-state index in [0.29, 0.717) is 18.5 Å². The van der Waals surface area contributed by atoms with Gasteiger partial charge in [-0.2, -0.15) is 0 Å². The first-order valence-electron chi connectivity index (χ1n) is 8.24. The number of hydrogen-bond acceptors (Lipinski definition) is 3. The van der Waals surface area contributed by atoms with Crippen molar-refractivity contribution in [1.82, 2.24) is 0 Å². The Morgan fingerprint density at radius 3 is 2.65 bits per heavy atom. The second-order valence-electron chi connectivity index (χ2n) is 6.57. The predicted octanol–water partition coefficient (Wildman–Crippen LogP) is 3.16. The number of nitrogens with one attached hydrogen (secondary N) is 1. The molecule has 0 fully saturated rings. The van der Waals surface area contributed by atoms with Gasteiger partial charge in [0.1, 0.15) is 0 Å². The molecule has 136 valence electrons. The summed E-state index contributed by atoms with van der Waals surface area (Å²) >= 11 is 0. The third-order valence-corrected chi connectivity index (χ3v) is 6.24. The van der Waals surface area contributed by atoms with E-state index in [2.05, 4.69) is 4.72 Å². The lowest BCUT2D eigenvalue weighted by molar-refractivity contribution is -0.119. The van der Waals surface area contributed by atoms with Gasteiger partial charge in [-0.1, -0.05) is 0 Å². The van der Waals surface area contributed by atoms with Crippen LogP contribution in [-0.4, -0.2) is 20.9 Å². The van der Waals surface area contributed by atoms with E-state index in [1.54, 1.807) is 17.9 Å². The van der Waals surface area contributed by atoms with Gasteiger partial charge < -0.3 is 4.90 Å². The molecule has 2 aromatic rings. The highest BCUT2D eigenvalue weighted by molar-refractivity contribution is 7.92. The van der Waals surface area contributed by atoms with Gasteiger partial charge in [-0.3, -0.25) is 9.52 Å². The van der Waals surface area contributed by atoms with E-state index >= 15 is 0 Å². The minimum Gasteiger partial charge on any atom is -0.311 e. The molecule has 26 heavy (non-hydrogen) atoms. The van der Waals surface area contributed by atoms with Crippen molar-refractivity contribution in [1.29, 1.82) is 0 Å². The monoisotopic (exact) mass is 378 g/mol. The zero-order valence-corrected chi connectivity index (χ0v) is 14.7. The summed E-state index contributed by atoms with van der Waals surface area (Å²) in [5, 5.41) is 0. The Balaban J connectivity index is 1.76. The Hall–Kier alpha value is -2.48. The highest BCUT2D eigenvalue weighted by atomic mass is 32.2. The van der Waals surface area contributed by atoms with Gasteiger partial charge in [0.05, 0.1) is 22.2 Å². The van der Waals surface area contributed by atoms with Crippen LogP contribution in [0.4, 0.5) is 20.2 Å². The molecule has 0 spiro atoms. The molecule has 2 heterocycles. The summed E-state index contributed by atoms with van der Waals surface area (Å²) in [5.74, 6) is -2.62. The number of anilines is 2. The van der Waals surface area contributed by atoms with Gasteiger partial charge in [0.2, 0.25) is 5.91 Å². The average Bonchev–Trinajstić information content (AvgIpc) is 2.85. The number of hydrogen-bond donors (Lipinski definition) is 1.